The normalized spacial score (nSPS) is 13.5. The Morgan fingerprint density at radius 2 is 1.94 bits per heavy atom. The summed E-state index contributed by atoms with van der Waals surface area (Å²) in [7, 11) is -8.17. The topological polar surface area (TPSA) is 97.7 Å². The van der Waals surface area contributed by atoms with Crippen LogP contribution in [0.15, 0.2) is 12.7 Å². The van der Waals surface area contributed by atoms with Gasteiger partial charge in [0.25, 0.3) is 20.2 Å². The van der Waals surface area contributed by atoms with Crippen molar-refractivity contribution in [2.24, 2.45) is 5.92 Å². The molecule has 0 bridgehead atoms. The van der Waals surface area contributed by atoms with Crippen molar-refractivity contribution in [2.75, 3.05) is 18.1 Å². The van der Waals surface area contributed by atoms with Gasteiger partial charge in [-0.05, 0) is 6.92 Å². The first-order valence-corrected chi connectivity index (χ1v) is 7.74. The minimum Gasteiger partial charge on any atom is -0.286 e. The van der Waals surface area contributed by atoms with Crippen LogP contribution in [0.5, 0.6) is 0 Å². The van der Waals surface area contributed by atoms with Gasteiger partial charge < -0.3 is 0 Å². The Balaban J connectivity index is 4.75. The Labute approximate surface area is 102 Å². The van der Waals surface area contributed by atoms with Crippen molar-refractivity contribution in [2.45, 2.75) is 6.92 Å². The summed E-state index contributed by atoms with van der Waals surface area (Å²) in [5.41, 5.74) is 0. The molecule has 0 saturated carbocycles. The molecule has 17 heavy (non-hydrogen) atoms. The molecule has 6 nitrogen and oxygen atoms in total. The van der Waals surface area contributed by atoms with Crippen molar-refractivity contribution in [3.63, 3.8) is 0 Å². The van der Waals surface area contributed by atoms with Gasteiger partial charge in [0, 0.05) is 0 Å². The molecule has 0 saturated heterocycles. The fourth-order valence-electron chi connectivity index (χ4n) is 1.04. The van der Waals surface area contributed by atoms with Crippen LogP contribution in [-0.4, -0.2) is 39.5 Å². The van der Waals surface area contributed by atoms with Gasteiger partial charge in [0.05, 0.1) is 24.0 Å². The highest BCUT2D eigenvalue weighted by Gasteiger charge is 2.22. The molecular formula is C9H14O6S2. The molecule has 0 aliphatic carbocycles. The highest BCUT2D eigenvalue weighted by molar-refractivity contribution is 7.87. The van der Waals surface area contributed by atoms with E-state index in [1.165, 1.54) is 13.0 Å². The molecule has 1 unspecified atom stereocenters. The lowest BCUT2D eigenvalue weighted by molar-refractivity contribution is 0.355. The summed E-state index contributed by atoms with van der Waals surface area (Å²) in [6.07, 6.45) is 1.25. The van der Waals surface area contributed by atoms with E-state index in [2.05, 4.69) is 22.6 Å². The molecule has 0 aromatic heterocycles. The Hall–Kier alpha value is -0.880. The van der Waals surface area contributed by atoms with Gasteiger partial charge in [-0.15, -0.1) is 12.5 Å². The van der Waals surface area contributed by atoms with Gasteiger partial charge >= 0.3 is 0 Å². The molecule has 0 heterocycles. The van der Waals surface area contributed by atoms with Crippen LogP contribution in [0, 0.1) is 17.8 Å². The van der Waals surface area contributed by atoms with E-state index in [0.717, 1.165) is 0 Å². The third-order valence-corrected chi connectivity index (χ3v) is 3.66. The van der Waals surface area contributed by atoms with E-state index in [1.807, 2.05) is 0 Å². The summed E-state index contributed by atoms with van der Waals surface area (Å²) in [6, 6.07) is 0. The van der Waals surface area contributed by atoms with E-state index < -0.39 is 37.7 Å². The van der Waals surface area contributed by atoms with Gasteiger partial charge in [-0.25, -0.2) is 0 Å². The maximum atomic E-state index is 11.3. The van der Waals surface area contributed by atoms with E-state index in [9.17, 15) is 16.8 Å². The van der Waals surface area contributed by atoms with Crippen molar-refractivity contribution in [3.05, 3.63) is 12.7 Å². The van der Waals surface area contributed by atoms with Crippen molar-refractivity contribution < 1.29 is 25.6 Å². The second-order valence-corrected chi connectivity index (χ2v) is 6.32. The third kappa shape index (κ3) is 8.88. The second-order valence-electron chi connectivity index (χ2n) is 3.14. The number of hydrogen-bond donors (Lipinski definition) is 1. The van der Waals surface area contributed by atoms with E-state index in [4.69, 9.17) is 4.55 Å². The quantitative estimate of drug-likeness (QED) is 0.306. The maximum absolute atomic E-state index is 11.3. The molecule has 0 fully saturated rings. The molecule has 1 atom stereocenters. The van der Waals surface area contributed by atoms with Gasteiger partial charge in [0.15, 0.2) is 0 Å². The largest absolute Gasteiger partial charge is 0.286 e. The summed E-state index contributed by atoms with van der Waals surface area (Å²) in [5, 5.41) is 0. The summed E-state index contributed by atoms with van der Waals surface area (Å²) < 4.78 is 57.1. The average Bonchev–Trinajstić information content (AvgIpc) is 2.12. The molecule has 0 spiro atoms. The lowest BCUT2D eigenvalue weighted by Gasteiger charge is -2.09. The predicted molar refractivity (Wildman–Crippen MR) is 63.3 cm³/mol. The van der Waals surface area contributed by atoms with Gasteiger partial charge in [0.1, 0.15) is 0 Å². The zero-order valence-electron chi connectivity index (χ0n) is 9.29. The Bertz CT molecular complexity index is 505. The van der Waals surface area contributed by atoms with E-state index >= 15 is 0 Å². The first-order valence-electron chi connectivity index (χ1n) is 4.55. The smallest absolute Gasteiger partial charge is 0.268 e. The Morgan fingerprint density at radius 1 is 1.35 bits per heavy atom. The van der Waals surface area contributed by atoms with Crippen molar-refractivity contribution in [1.29, 1.82) is 0 Å². The molecular weight excluding hydrogens is 268 g/mol. The van der Waals surface area contributed by atoms with E-state index in [-0.39, 0.29) is 6.61 Å². The Morgan fingerprint density at radius 3 is 2.35 bits per heavy atom. The molecule has 98 valence electrons. The monoisotopic (exact) mass is 282 g/mol. The molecule has 0 rings (SSSR count). The minimum atomic E-state index is -4.28. The van der Waals surface area contributed by atoms with Crippen molar-refractivity contribution in [3.8, 4) is 11.8 Å². The molecule has 8 heteroatoms. The zero-order valence-corrected chi connectivity index (χ0v) is 10.9. The molecule has 0 aromatic rings. The van der Waals surface area contributed by atoms with Gasteiger partial charge in [-0.2, -0.15) is 16.8 Å². The highest BCUT2D eigenvalue weighted by Crippen LogP contribution is 2.06. The lowest BCUT2D eigenvalue weighted by Crippen LogP contribution is -2.24. The van der Waals surface area contributed by atoms with Gasteiger partial charge in [0.2, 0.25) is 0 Å². The summed E-state index contributed by atoms with van der Waals surface area (Å²) in [5.74, 6) is 2.44. The van der Waals surface area contributed by atoms with E-state index in [0.29, 0.717) is 0 Å². The summed E-state index contributed by atoms with van der Waals surface area (Å²) in [4.78, 5) is 0. The average molecular weight is 282 g/mol. The number of hydrogen-bond acceptors (Lipinski definition) is 5. The lowest BCUT2D eigenvalue weighted by atomic mass is 10.2. The van der Waals surface area contributed by atoms with Crippen LogP contribution < -0.4 is 0 Å². The standard InChI is InChI=1S/C9H14O6S2/c1-3-5-9(7-16(10,11)12)8-17(13,14)15-6-4-2/h4,9H,2,6-8H2,1H3,(H,10,11,12). The van der Waals surface area contributed by atoms with Crippen LogP contribution in [0.2, 0.25) is 0 Å². The summed E-state index contributed by atoms with van der Waals surface area (Å²) >= 11 is 0. The fraction of sp³-hybridized carbons (Fsp3) is 0.556. The van der Waals surface area contributed by atoms with E-state index in [1.54, 1.807) is 0 Å². The molecule has 0 aliphatic heterocycles. The predicted octanol–water partition coefficient (Wildman–Crippen LogP) is 0.0461. The third-order valence-electron chi connectivity index (χ3n) is 1.53. The molecule has 0 amide bonds. The second kappa shape index (κ2) is 6.76. The van der Waals surface area contributed by atoms with Crippen LogP contribution >= 0.6 is 0 Å². The highest BCUT2D eigenvalue weighted by atomic mass is 32.2. The molecule has 1 N–H and O–H groups in total. The van der Waals surface area contributed by atoms with Gasteiger partial charge in [-0.3, -0.25) is 8.74 Å². The first kappa shape index (κ1) is 16.1. The number of rotatable bonds is 7. The maximum Gasteiger partial charge on any atom is 0.268 e. The Kier molecular flexibility index (Phi) is 6.41. The fourth-order valence-corrected chi connectivity index (χ4v) is 2.99. The molecule has 0 aromatic carbocycles. The van der Waals surface area contributed by atoms with Crippen LogP contribution in [0.3, 0.4) is 0 Å². The van der Waals surface area contributed by atoms with Crippen molar-refractivity contribution in [1.82, 2.24) is 0 Å². The van der Waals surface area contributed by atoms with Crippen LogP contribution in [-0.2, 0) is 24.4 Å². The van der Waals surface area contributed by atoms with Crippen molar-refractivity contribution >= 4 is 20.2 Å². The SMILES string of the molecule is C=CCOS(=O)(=O)CC(C#CC)CS(=O)(=O)O. The minimum absolute atomic E-state index is 0.194. The molecule has 0 aliphatic rings. The van der Waals surface area contributed by atoms with Crippen LogP contribution in [0.4, 0.5) is 0 Å². The van der Waals surface area contributed by atoms with Gasteiger partial charge in [-0.1, -0.05) is 12.0 Å². The zero-order chi connectivity index (χ0) is 13.5. The summed E-state index contributed by atoms with van der Waals surface area (Å²) in [6.45, 7) is 4.53. The van der Waals surface area contributed by atoms with Crippen LogP contribution in [0.1, 0.15) is 6.92 Å². The van der Waals surface area contributed by atoms with Crippen LogP contribution in [0.25, 0.3) is 0 Å². The molecule has 0 radical (unpaired) electrons. The first-order chi connectivity index (χ1) is 7.70.